The van der Waals surface area contributed by atoms with E-state index in [9.17, 15) is 4.39 Å². The first-order valence-corrected chi connectivity index (χ1v) is 5.79. The van der Waals surface area contributed by atoms with Crippen LogP contribution in [0, 0.1) is 5.82 Å². The van der Waals surface area contributed by atoms with Crippen LogP contribution in [0.3, 0.4) is 0 Å². The van der Waals surface area contributed by atoms with Crippen molar-refractivity contribution in [2.24, 2.45) is 0 Å². The van der Waals surface area contributed by atoms with E-state index in [1.165, 1.54) is 12.3 Å². The van der Waals surface area contributed by atoms with Crippen LogP contribution in [0.1, 0.15) is 6.92 Å². The summed E-state index contributed by atoms with van der Waals surface area (Å²) >= 11 is 0. The van der Waals surface area contributed by atoms with Crippen LogP contribution in [-0.2, 0) is 0 Å². The molecule has 3 nitrogen and oxygen atoms in total. The normalized spacial score (nSPS) is 10.2. The minimum absolute atomic E-state index is 0.347. The highest BCUT2D eigenvalue weighted by molar-refractivity contribution is 5.76. The van der Waals surface area contributed by atoms with Crippen LogP contribution in [0.2, 0.25) is 0 Å². The molecule has 0 saturated carbocycles. The van der Waals surface area contributed by atoms with E-state index in [4.69, 9.17) is 4.74 Å². The lowest BCUT2D eigenvalue weighted by atomic mass is 10.1. The van der Waals surface area contributed by atoms with E-state index in [1.807, 2.05) is 25.1 Å². The van der Waals surface area contributed by atoms with Crippen LogP contribution in [0.15, 0.2) is 36.5 Å². The third-order valence-electron chi connectivity index (χ3n) is 2.59. The zero-order valence-corrected chi connectivity index (χ0v) is 10.4. The molecule has 18 heavy (non-hydrogen) atoms. The van der Waals surface area contributed by atoms with Gasteiger partial charge >= 0.3 is 0 Å². The maximum Gasteiger partial charge on any atom is 0.151 e. The number of methoxy groups -OCH3 is 1. The van der Waals surface area contributed by atoms with Crippen molar-refractivity contribution in [3.05, 3.63) is 42.3 Å². The molecule has 1 aromatic heterocycles. The third kappa shape index (κ3) is 2.42. The summed E-state index contributed by atoms with van der Waals surface area (Å²) in [6.07, 6.45) is 1.20. The van der Waals surface area contributed by atoms with Gasteiger partial charge in [-0.2, -0.15) is 0 Å². The lowest BCUT2D eigenvalue weighted by Crippen LogP contribution is -2.00. The van der Waals surface area contributed by atoms with Gasteiger partial charge < -0.3 is 10.1 Å². The summed E-state index contributed by atoms with van der Waals surface area (Å²) in [4.78, 5) is 4.08. The Hall–Kier alpha value is -2.10. The maximum absolute atomic E-state index is 12.9. The summed E-state index contributed by atoms with van der Waals surface area (Å²) in [7, 11) is 1.61. The molecule has 0 saturated heterocycles. The highest BCUT2D eigenvalue weighted by Crippen LogP contribution is 2.35. The summed E-state index contributed by atoms with van der Waals surface area (Å²) in [6, 6.07) is 8.79. The number of rotatable bonds is 4. The van der Waals surface area contributed by atoms with E-state index in [0.29, 0.717) is 5.69 Å². The van der Waals surface area contributed by atoms with Gasteiger partial charge in [0.15, 0.2) is 5.75 Å². The van der Waals surface area contributed by atoms with Gasteiger partial charge in [-0.05, 0) is 31.2 Å². The Morgan fingerprint density at radius 1 is 1.28 bits per heavy atom. The van der Waals surface area contributed by atoms with Gasteiger partial charge in [-0.1, -0.05) is 6.07 Å². The quantitative estimate of drug-likeness (QED) is 0.898. The van der Waals surface area contributed by atoms with Crippen LogP contribution in [-0.4, -0.2) is 18.6 Å². The molecule has 1 N–H and O–H groups in total. The van der Waals surface area contributed by atoms with Crippen LogP contribution in [0.5, 0.6) is 5.75 Å². The molecule has 1 heterocycles. The number of para-hydroxylation sites is 1. The number of hydrogen-bond donors (Lipinski definition) is 1. The molecule has 2 aromatic rings. The van der Waals surface area contributed by atoms with Crippen molar-refractivity contribution in [3.8, 4) is 17.0 Å². The van der Waals surface area contributed by atoms with Crippen LogP contribution >= 0.6 is 0 Å². The van der Waals surface area contributed by atoms with Crippen molar-refractivity contribution in [2.45, 2.75) is 6.92 Å². The van der Waals surface area contributed by atoms with Gasteiger partial charge in [0.2, 0.25) is 0 Å². The molecular formula is C14H15FN2O. The average Bonchev–Trinajstić information content (AvgIpc) is 2.40. The first-order valence-electron chi connectivity index (χ1n) is 5.79. The Morgan fingerprint density at radius 3 is 2.72 bits per heavy atom. The van der Waals surface area contributed by atoms with E-state index < -0.39 is 0 Å². The topological polar surface area (TPSA) is 34.2 Å². The Kier molecular flexibility index (Phi) is 3.77. The molecule has 0 aliphatic rings. The summed E-state index contributed by atoms with van der Waals surface area (Å²) in [5, 5.41) is 3.22. The summed E-state index contributed by atoms with van der Waals surface area (Å²) < 4.78 is 18.3. The Balaban J connectivity index is 2.49. The van der Waals surface area contributed by atoms with Crippen molar-refractivity contribution in [2.75, 3.05) is 19.0 Å². The molecular weight excluding hydrogens is 231 g/mol. The molecule has 0 unspecified atom stereocenters. The van der Waals surface area contributed by atoms with Crippen molar-refractivity contribution in [1.29, 1.82) is 0 Å². The third-order valence-corrected chi connectivity index (χ3v) is 2.59. The zero-order chi connectivity index (χ0) is 13.0. The molecule has 0 bridgehead atoms. The molecule has 0 fully saturated rings. The van der Waals surface area contributed by atoms with Gasteiger partial charge in [0.05, 0.1) is 24.7 Å². The number of nitrogens with one attached hydrogen (secondary N) is 1. The van der Waals surface area contributed by atoms with E-state index in [0.717, 1.165) is 23.5 Å². The second kappa shape index (κ2) is 5.49. The van der Waals surface area contributed by atoms with Gasteiger partial charge in [0.1, 0.15) is 5.82 Å². The number of pyridine rings is 1. The standard InChI is InChI=1S/C14H15FN2O/c1-3-16-13-6-4-5-11(14(13)18-2)12-8-7-10(15)9-17-12/h4-9,16H,3H2,1-2H3. The van der Waals surface area contributed by atoms with Crippen LogP contribution in [0.4, 0.5) is 10.1 Å². The number of ether oxygens (including phenoxy) is 1. The zero-order valence-electron chi connectivity index (χ0n) is 10.4. The van der Waals surface area contributed by atoms with E-state index in [-0.39, 0.29) is 5.82 Å². The van der Waals surface area contributed by atoms with Crippen molar-refractivity contribution in [1.82, 2.24) is 4.98 Å². The molecule has 94 valence electrons. The van der Waals surface area contributed by atoms with Crippen LogP contribution < -0.4 is 10.1 Å². The highest BCUT2D eigenvalue weighted by Gasteiger charge is 2.11. The Bertz CT molecular complexity index is 526. The number of anilines is 1. The van der Waals surface area contributed by atoms with Crippen molar-refractivity contribution < 1.29 is 9.13 Å². The fourth-order valence-corrected chi connectivity index (χ4v) is 1.82. The van der Waals surface area contributed by atoms with Gasteiger partial charge in [0.25, 0.3) is 0 Å². The lowest BCUT2D eigenvalue weighted by Gasteiger charge is -2.13. The fraction of sp³-hybridized carbons (Fsp3) is 0.214. The molecule has 0 spiro atoms. The van der Waals surface area contributed by atoms with E-state index in [2.05, 4.69) is 10.3 Å². The molecule has 0 radical (unpaired) electrons. The van der Waals surface area contributed by atoms with E-state index in [1.54, 1.807) is 13.2 Å². The van der Waals surface area contributed by atoms with Gasteiger partial charge in [-0.3, -0.25) is 4.98 Å². The number of nitrogens with zero attached hydrogens (tertiary/aromatic N) is 1. The number of aromatic nitrogens is 1. The summed E-state index contributed by atoms with van der Waals surface area (Å²) in [5.74, 6) is 0.374. The van der Waals surface area contributed by atoms with Crippen molar-refractivity contribution >= 4 is 5.69 Å². The largest absolute Gasteiger partial charge is 0.494 e. The van der Waals surface area contributed by atoms with Gasteiger partial charge in [-0.15, -0.1) is 0 Å². The molecule has 0 aliphatic heterocycles. The fourth-order valence-electron chi connectivity index (χ4n) is 1.82. The van der Waals surface area contributed by atoms with Crippen LogP contribution in [0.25, 0.3) is 11.3 Å². The monoisotopic (exact) mass is 246 g/mol. The second-order valence-electron chi connectivity index (χ2n) is 3.78. The minimum atomic E-state index is -0.347. The Labute approximate surface area is 106 Å². The molecule has 4 heteroatoms. The molecule has 2 rings (SSSR count). The second-order valence-corrected chi connectivity index (χ2v) is 3.78. The molecule has 0 aliphatic carbocycles. The van der Waals surface area contributed by atoms with Gasteiger partial charge in [-0.25, -0.2) is 4.39 Å². The maximum atomic E-state index is 12.9. The number of halogens is 1. The lowest BCUT2D eigenvalue weighted by molar-refractivity contribution is 0.418. The predicted octanol–water partition coefficient (Wildman–Crippen LogP) is 3.33. The number of hydrogen-bond acceptors (Lipinski definition) is 3. The van der Waals surface area contributed by atoms with Crippen molar-refractivity contribution in [3.63, 3.8) is 0 Å². The first kappa shape index (κ1) is 12.4. The SMILES string of the molecule is CCNc1cccc(-c2ccc(F)cn2)c1OC. The number of benzene rings is 1. The summed E-state index contributed by atoms with van der Waals surface area (Å²) in [6.45, 7) is 2.82. The van der Waals surface area contributed by atoms with E-state index >= 15 is 0 Å². The smallest absolute Gasteiger partial charge is 0.151 e. The first-order chi connectivity index (χ1) is 8.76. The molecule has 0 amide bonds. The highest BCUT2D eigenvalue weighted by atomic mass is 19.1. The predicted molar refractivity (Wildman–Crippen MR) is 70.3 cm³/mol. The summed E-state index contributed by atoms with van der Waals surface area (Å²) in [5.41, 5.74) is 2.44. The Morgan fingerprint density at radius 2 is 2.11 bits per heavy atom. The minimum Gasteiger partial charge on any atom is -0.494 e. The van der Waals surface area contributed by atoms with Gasteiger partial charge in [0, 0.05) is 12.1 Å². The molecule has 0 atom stereocenters. The molecule has 1 aromatic carbocycles. The average molecular weight is 246 g/mol.